The normalized spacial score (nSPS) is 17.2. The second-order valence-electron chi connectivity index (χ2n) is 8.05. The SMILES string of the molecule is O=C(Cn1c(CCNC(=O)C2CCCO2)nc2ccccc21)Nc1ccc2c(c1)OCCO2. The molecule has 2 amide bonds. The molecular formula is C24H26N4O5. The number of imidazole rings is 1. The fourth-order valence-corrected chi connectivity index (χ4v) is 4.15. The van der Waals surface area contributed by atoms with Crippen molar-refractivity contribution < 1.29 is 23.8 Å². The van der Waals surface area contributed by atoms with Crippen LogP contribution in [-0.4, -0.2) is 53.8 Å². The second-order valence-corrected chi connectivity index (χ2v) is 8.05. The van der Waals surface area contributed by atoms with E-state index in [4.69, 9.17) is 14.2 Å². The Balaban J connectivity index is 1.27. The number of ether oxygens (including phenoxy) is 3. The summed E-state index contributed by atoms with van der Waals surface area (Å²) in [5.74, 6) is 1.76. The molecule has 0 spiro atoms. The third kappa shape index (κ3) is 4.78. The Hall–Kier alpha value is -3.59. The van der Waals surface area contributed by atoms with E-state index in [1.807, 2.05) is 28.8 Å². The number of hydrogen-bond acceptors (Lipinski definition) is 6. The van der Waals surface area contributed by atoms with Gasteiger partial charge in [-0.2, -0.15) is 0 Å². The van der Waals surface area contributed by atoms with E-state index in [2.05, 4.69) is 15.6 Å². The largest absolute Gasteiger partial charge is 0.486 e. The number of fused-ring (bicyclic) bond motifs is 2. The molecule has 0 saturated carbocycles. The molecule has 0 bridgehead atoms. The molecule has 33 heavy (non-hydrogen) atoms. The lowest BCUT2D eigenvalue weighted by Crippen LogP contribution is -2.35. The topological polar surface area (TPSA) is 104 Å². The maximum Gasteiger partial charge on any atom is 0.249 e. The van der Waals surface area contributed by atoms with E-state index in [1.54, 1.807) is 18.2 Å². The second kappa shape index (κ2) is 9.50. The smallest absolute Gasteiger partial charge is 0.249 e. The lowest BCUT2D eigenvalue weighted by Gasteiger charge is -2.19. The van der Waals surface area contributed by atoms with Crippen molar-refractivity contribution in [1.82, 2.24) is 14.9 Å². The first-order valence-corrected chi connectivity index (χ1v) is 11.2. The first-order chi connectivity index (χ1) is 16.2. The molecule has 0 aliphatic carbocycles. The van der Waals surface area contributed by atoms with E-state index in [9.17, 15) is 9.59 Å². The van der Waals surface area contributed by atoms with Gasteiger partial charge in [0.15, 0.2) is 11.5 Å². The highest BCUT2D eigenvalue weighted by Crippen LogP contribution is 2.32. The predicted octanol–water partition coefficient (Wildman–Crippen LogP) is 2.28. The van der Waals surface area contributed by atoms with Gasteiger partial charge in [-0.05, 0) is 37.1 Å². The van der Waals surface area contributed by atoms with Crippen LogP contribution in [0, 0.1) is 0 Å². The molecule has 3 heterocycles. The zero-order valence-electron chi connectivity index (χ0n) is 18.2. The molecule has 2 aromatic carbocycles. The van der Waals surface area contributed by atoms with Crippen molar-refractivity contribution in [3.8, 4) is 11.5 Å². The molecule has 172 valence electrons. The fraction of sp³-hybridized carbons (Fsp3) is 0.375. The molecule has 1 fully saturated rings. The number of nitrogens with zero attached hydrogens (tertiary/aromatic N) is 2. The molecule has 3 aromatic rings. The van der Waals surface area contributed by atoms with Gasteiger partial charge >= 0.3 is 0 Å². The standard InChI is InChI=1S/C24H26N4O5/c29-23(26-16-7-8-19-21(14-16)33-13-12-32-19)15-28-18-5-2-1-4-17(18)27-22(28)9-10-25-24(30)20-6-3-11-31-20/h1-2,4-5,7-8,14,20H,3,6,9-13,15H2,(H,25,30)(H,26,29). The highest BCUT2D eigenvalue weighted by atomic mass is 16.6. The van der Waals surface area contributed by atoms with Crippen LogP contribution in [0.5, 0.6) is 11.5 Å². The first kappa shape index (κ1) is 21.3. The van der Waals surface area contributed by atoms with Crippen LogP contribution >= 0.6 is 0 Å². The molecule has 2 aliphatic rings. The fourth-order valence-electron chi connectivity index (χ4n) is 4.15. The van der Waals surface area contributed by atoms with Crippen molar-refractivity contribution in [1.29, 1.82) is 0 Å². The van der Waals surface area contributed by atoms with E-state index in [1.165, 1.54) is 0 Å². The van der Waals surface area contributed by atoms with Crippen molar-refractivity contribution in [3.63, 3.8) is 0 Å². The lowest BCUT2D eigenvalue weighted by atomic mass is 10.2. The summed E-state index contributed by atoms with van der Waals surface area (Å²) in [5.41, 5.74) is 2.32. The van der Waals surface area contributed by atoms with Gasteiger partial charge in [-0.25, -0.2) is 4.98 Å². The first-order valence-electron chi connectivity index (χ1n) is 11.2. The molecule has 2 aliphatic heterocycles. The molecule has 1 unspecified atom stereocenters. The van der Waals surface area contributed by atoms with Gasteiger partial charge in [0, 0.05) is 31.3 Å². The third-order valence-corrected chi connectivity index (χ3v) is 5.73. The van der Waals surface area contributed by atoms with Crippen molar-refractivity contribution in [3.05, 3.63) is 48.3 Å². The molecule has 1 aromatic heterocycles. The Morgan fingerprint density at radius 2 is 1.91 bits per heavy atom. The zero-order chi connectivity index (χ0) is 22.6. The maximum atomic E-state index is 12.9. The molecule has 0 radical (unpaired) electrons. The molecule has 5 rings (SSSR count). The van der Waals surface area contributed by atoms with Crippen LogP contribution < -0.4 is 20.1 Å². The summed E-state index contributed by atoms with van der Waals surface area (Å²) in [6, 6.07) is 13.0. The van der Waals surface area contributed by atoms with Crippen LogP contribution in [0.4, 0.5) is 5.69 Å². The minimum absolute atomic E-state index is 0.0912. The molecule has 2 N–H and O–H groups in total. The number of carbonyl (C=O) groups is 2. The van der Waals surface area contributed by atoms with Gasteiger partial charge in [0.05, 0.1) is 11.0 Å². The van der Waals surface area contributed by atoms with E-state index in [0.29, 0.717) is 50.0 Å². The summed E-state index contributed by atoms with van der Waals surface area (Å²) in [4.78, 5) is 29.8. The highest BCUT2D eigenvalue weighted by molar-refractivity contribution is 5.92. The maximum absolute atomic E-state index is 12.9. The zero-order valence-corrected chi connectivity index (χ0v) is 18.2. The van der Waals surface area contributed by atoms with E-state index < -0.39 is 0 Å². The summed E-state index contributed by atoms with van der Waals surface area (Å²) in [5, 5.41) is 5.85. The number of anilines is 1. The van der Waals surface area contributed by atoms with Gasteiger partial charge in [0.25, 0.3) is 0 Å². The van der Waals surface area contributed by atoms with Crippen LogP contribution in [-0.2, 0) is 27.3 Å². The average Bonchev–Trinajstić information content (AvgIpc) is 3.48. The number of amides is 2. The highest BCUT2D eigenvalue weighted by Gasteiger charge is 2.23. The van der Waals surface area contributed by atoms with Gasteiger partial charge in [0.1, 0.15) is 31.7 Å². The van der Waals surface area contributed by atoms with E-state index in [0.717, 1.165) is 29.7 Å². The number of carbonyl (C=O) groups excluding carboxylic acids is 2. The molecule has 1 atom stereocenters. The summed E-state index contributed by atoms with van der Waals surface area (Å²) < 4.78 is 18.4. The Kier molecular flexibility index (Phi) is 6.12. The van der Waals surface area contributed by atoms with Crippen LogP contribution in [0.25, 0.3) is 11.0 Å². The van der Waals surface area contributed by atoms with E-state index >= 15 is 0 Å². The predicted molar refractivity (Wildman–Crippen MR) is 121 cm³/mol. The molecule has 9 heteroatoms. The third-order valence-electron chi connectivity index (χ3n) is 5.73. The van der Waals surface area contributed by atoms with Crippen molar-refractivity contribution in [2.75, 3.05) is 31.7 Å². The monoisotopic (exact) mass is 450 g/mol. The number of nitrogens with one attached hydrogen (secondary N) is 2. The minimum Gasteiger partial charge on any atom is -0.486 e. The number of rotatable bonds is 7. The van der Waals surface area contributed by atoms with Crippen LogP contribution in [0.1, 0.15) is 18.7 Å². The van der Waals surface area contributed by atoms with Gasteiger partial charge < -0.3 is 29.4 Å². The Labute approximate surface area is 191 Å². The average molecular weight is 450 g/mol. The molecular weight excluding hydrogens is 424 g/mol. The van der Waals surface area contributed by atoms with Gasteiger partial charge in [0.2, 0.25) is 11.8 Å². The Morgan fingerprint density at radius 3 is 2.76 bits per heavy atom. The van der Waals surface area contributed by atoms with Crippen LogP contribution in [0.3, 0.4) is 0 Å². The number of hydrogen-bond donors (Lipinski definition) is 2. The van der Waals surface area contributed by atoms with E-state index in [-0.39, 0.29) is 24.5 Å². The summed E-state index contributed by atoms with van der Waals surface area (Å²) in [6.45, 7) is 2.16. The van der Waals surface area contributed by atoms with Gasteiger partial charge in [-0.15, -0.1) is 0 Å². The van der Waals surface area contributed by atoms with Crippen molar-refractivity contribution in [2.45, 2.75) is 31.9 Å². The Morgan fingerprint density at radius 1 is 1.06 bits per heavy atom. The quantitative estimate of drug-likeness (QED) is 0.573. The van der Waals surface area contributed by atoms with Crippen molar-refractivity contribution >= 4 is 28.5 Å². The van der Waals surface area contributed by atoms with Crippen molar-refractivity contribution in [2.24, 2.45) is 0 Å². The Bertz CT molecular complexity index is 1170. The van der Waals surface area contributed by atoms with Gasteiger partial charge in [-0.1, -0.05) is 12.1 Å². The van der Waals surface area contributed by atoms with Crippen LogP contribution in [0.15, 0.2) is 42.5 Å². The van der Waals surface area contributed by atoms with Gasteiger partial charge in [-0.3, -0.25) is 9.59 Å². The molecule has 1 saturated heterocycles. The van der Waals surface area contributed by atoms with Crippen LogP contribution in [0.2, 0.25) is 0 Å². The molecule has 9 nitrogen and oxygen atoms in total. The minimum atomic E-state index is -0.361. The lowest BCUT2D eigenvalue weighted by molar-refractivity contribution is -0.130. The summed E-state index contributed by atoms with van der Waals surface area (Å²) >= 11 is 0. The summed E-state index contributed by atoms with van der Waals surface area (Å²) in [6.07, 6.45) is 1.81. The summed E-state index contributed by atoms with van der Waals surface area (Å²) in [7, 11) is 0. The number of para-hydroxylation sites is 2. The number of benzene rings is 2. The number of aromatic nitrogens is 2.